The number of hydrogen-bond acceptors (Lipinski definition) is 5. The van der Waals surface area contributed by atoms with Gasteiger partial charge < -0.3 is 20.6 Å². The van der Waals surface area contributed by atoms with E-state index in [2.05, 4.69) is 22.0 Å². The summed E-state index contributed by atoms with van der Waals surface area (Å²) in [6, 6.07) is 3.89. The Bertz CT molecular complexity index is 490. The topological polar surface area (TPSA) is 84.0 Å². The van der Waals surface area contributed by atoms with E-state index in [1.165, 1.54) is 0 Å². The molecule has 6 heteroatoms. The predicted molar refractivity (Wildman–Crippen MR) is 73.7 cm³/mol. The third-order valence-electron chi connectivity index (χ3n) is 3.28. The molecule has 1 fully saturated rings. The van der Waals surface area contributed by atoms with E-state index in [-0.39, 0.29) is 18.0 Å². The van der Waals surface area contributed by atoms with Crippen molar-refractivity contribution in [3.8, 4) is 0 Å². The number of morpholine rings is 1. The number of hydrogen-bond donors (Lipinski definition) is 2. The number of nitrogens with two attached hydrogens (primary N) is 1. The zero-order valence-corrected chi connectivity index (χ0v) is 11.5. The zero-order valence-electron chi connectivity index (χ0n) is 11.5. The van der Waals surface area contributed by atoms with E-state index in [1.54, 1.807) is 0 Å². The molecule has 1 aromatic heterocycles. The Kier molecular flexibility index (Phi) is 3.90. The van der Waals surface area contributed by atoms with Crippen LogP contribution in [0.5, 0.6) is 0 Å². The molecule has 19 heavy (non-hydrogen) atoms. The van der Waals surface area contributed by atoms with Gasteiger partial charge in [0.25, 0.3) is 0 Å². The van der Waals surface area contributed by atoms with Crippen molar-refractivity contribution in [2.75, 3.05) is 18.1 Å². The Morgan fingerprint density at radius 2 is 2.26 bits per heavy atom. The Balaban J connectivity index is 2.44. The molecule has 0 radical (unpaired) electrons. The fourth-order valence-electron chi connectivity index (χ4n) is 2.21. The van der Waals surface area contributed by atoms with Crippen LogP contribution in [0.1, 0.15) is 25.1 Å². The number of ether oxygens (including phenoxy) is 1. The largest absolute Gasteiger partial charge is 0.409 e. The fourth-order valence-corrected chi connectivity index (χ4v) is 2.21. The van der Waals surface area contributed by atoms with Crippen LogP contribution in [-0.2, 0) is 4.74 Å². The van der Waals surface area contributed by atoms with E-state index < -0.39 is 0 Å². The van der Waals surface area contributed by atoms with E-state index >= 15 is 0 Å². The van der Waals surface area contributed by atoms with Crippen molar-refractivity contribution >= 4 is 11.7 Å². The van der Waals surface area contributed by atoms with E-state index in [4.69, 9.17) is 15.7 Å². The minimum atomic E-state index is 0.0776. The zero-order chi connectivity index (χ0) is 14.0. The van der Waals surface area contributed by atoms with Crippen LogP contribution >= 0.6 is 0 Å². The molecule has 2 heterocycles. The third-order valence-corrected chi connectivity index (χ3v) is 3.28. The van der Waals surface area contributed by atoms with Crippen molar-refractivity contribution in [2.45, 2.75) is 32.9 Å². The van der Waals surface area contributed by atoms with Gasteiger partial charge in [0.1, 0.15) is 5.82 Å². The number of rotatable bonds is 2. The summed E-state index contributed by atoms with van der Waals surface area (Å²) in [5, 5.41) is 12.0. The molecule has 1 aliphatic heterocycles. The van der Waals surface area contributed by atoms with Gasteiger partial charge in [0.05, 0.1) is 24.3 Å². The fraction of sp³-hybridized carbons (Fsp3) is 0.538. The second kappa shape index (κ2) is 5.44. The average Bonchev–Trinajstić information content (AvgIpc) is 2.40. The molecular weight excluding hydrogens is 244 g/mol. The van der Waals surface area contributed by atoms with Crippen molar-refractivity contribution in [2.24, 2.45) is 10.9 Å². The molecule has 2 rings (SSSR count). The number of amidine groups is 1. The predicted octanol–water partition coefficient (Wildman–Crippen LogP) is 1.10. The third kappa shape index (κ3) is 2.78. The lowest BCUT2D eigenvalue weighted by molar-refractivity contribution is 0.0340. The van der Waals surface area contributed by atoms with Crippen LogP contribution in [0.25, 0.3) is 0 Å². The van der Waals surface area contributed by atoms with Crippen LogP contribution in [0.3, 0.4) is 0 Å². The van der Waals surface area contributed by atoms with Crippen molar-refractivity contribution < 1.29 is 9.94 Å². The summed E-state index contributed by atoms with van der Waals surface area (Å²) < 4.78 is 5.62. The molecule has 0 amide bonds. The first-order chi connectivity index (χ1) is 9.02. The van der Waals surface area contributed by atoms with E-state index in [0.717, 1.165) is 18.1 Å². The maximum Gasteiger partial charge on any atom is 0.173 e. The van der Waals surface area contributed by atoms with Crippen LogP contribution in [0.2, 0.25) is 0 Å². The molecule has 0 saturated carbocycles. The van der Waals surface area contributed by atoms with Gasteiger partial charge in [-0.15, -0.1) is 0 Å². The van der Waals surface area contributed by atoms with Crippen molar-refractivity contribution in [3.05, 3.63) is 23.4 Å². The molecule has 1 aromatic rings. The quantitative estimate of drug-likeness (QED) is 0.361. The number of oxime groups is 1. The van der Waals surface area contributed by atoms with Gasteiger partial charge in [-0.2, -0.15) is 0 Å². The molecule has 6 nitrogen and oxygen atoms in total. The van der Waals surface area contributed by atoms with Gasteiger partial charge in [-0.1, -0.05) is 5.16 Å². The Hall–Kier alpha value is -1.82. The molecule has 0 spiro atoms. The molecule has 2 atom stereocenters. The number of nitrogens with zero attached hydrogens (tertiary/aromatic N) is 3. The molecule has 0 aliphatic carbocycles. The lowest BCUT2D eigenvalue weighted by atomic mass is 10.1. The normalized spacial score (nSPS) is 24.6. The maximum absolute atomic E-state index is 8.89. The van der Waals surface area contributed by atoms with E-state index in [0.29, 0.717) is 12.2 Å². The second-order valence-electron chi connectivity index (χ2n) is 4.95. The lowest BCUT2D eigenvalue weighted by Gasteiger charge is -2.38. The summed E-state index contributed by atoms with van der Waals surface area (Å²) in [6.45, 7) is 7.41. The summed E-state index contributed by atoms with van der Waals surface area (Å²) in [4.78, 5) is 6.70. The maximum atomic E-state index is 8.89. The highest BCUT2D eigenvalue weighted by atomic mass is 16.5. The highest BCUT2D eigenvalue weighted by Crippen LogP contribution is 2.24. The molecule has 0 aromatic carbocycles. The molecule has 1 saturated heterocycles. The molecule has 104 valence electrons. The van der Waals surface area contributed by atoms with Crippen LogP contribution in [-0.4, -0.2) is 41.3 Å². The van der Waals surface area contributed by atoms with Crippen LogP contribution in [0.15, 0.2) is 17.3 Å². The summed E-state index contributed by atoms with van der Waals surface area (Å²) in [7, 11) is 0. The number of aryl methyl sites for hydroxylation is 1. The van der Waals surface area contributed by atoms with E-state index in [1.807, 2.05) is 26.0 Å². The lowest BCUT2D eigenvalue weighted by Crippen LogP contribution is -2.48. The number of anilines is 1. The monoisotopic (exact) mass is 264 g/mol. The van der Waals surface area contributed by atoms with Gasteiger partial charge in [0, 0.05) is 12.2 Å². The van der Waals surface area contributed by atoms with Gasteiger partial charge >= 0.3 is 0 Å². The van der Waals surface area contributed by atoms with Crippen LogP contribution < -0.4 is 10.6 Å². The van der Waals surface area contributed by atoms with Crippen LogP contribution in [0.4, 0.5) is 5.82 Å². The van der Waals surface area contributed by atoms with Crippen molar-refractivity contribution in [1.29, 1.82) is 0 Å². The van der Waals surface area contributed by atoms with Gasteiger partial charge in [0.2, 0.25) is 0 Å². The molecule has 3 N–H and O–H groups in total. The minimum Gasteiger partial charge on any atom is -0.409 e. The first kappa shape index (κ1) is 13.6. The molecule has 0 bridgehead atoms. The molecule has 1 aliphatic rings. The van der Waals surface area contributed by atoms with E-state index in [9.17, 15) is 0 Å². The highest BCUT2D eigenvalue weighted by molar-refractivity contribution is 6.01. The average molecular weight is 264 g/mol. The number of aromatic nitrogens is 1. The summed E-state index contributed by atoms with van der Waals surface area (Å²) in [5.74, 6) is 0.826. The van der Waals surface area contributed by atoms with Crippen molar-refractivity contribution in [3.63, 3.8) is 0 Å². The highest BCUT2D eigenvalue weighted by Gasteiger charge is 2.27. The molecular formula is C13H20N4O2. The summed E-state index contributed by atoms with van der Waals surface area (Å²) in [6.07, 6.45) is 0.138. The minimum absolute atomic E-state index is 0.0776. The Morgan fingerprint density at radius 1 is 1.53 bits per heavy atom. The Labute approximate surface area is 112 Å². The van der Waals surface area contributed by atoms with Gasteiger partial charge in [0.15, 0.2) is 5.84 Å². The van der Waals surface area contributed by atoms with Crippen molar-refractivity contribution in [1.82, 2.24) is 4.98 Å². The van der Waals surface area contributed by atoms with Gasteiger partial charge in [-0.05, 0) is 32.9 Å². The number of pyridine rings is 1. The second-order valence-corrected chi connectivity index (χ2v) is 4.95. The first-order valence-corrected chi connectivity index (χ1v) is 6.36. The van der Waals surface area contributed by atoms with Crippen LogP contribution in [0, 0.1) is 6.92 Å². The summed E-state index contributed by atoms with van der Waals surface area (Å²) in [5.41, 5.74) is 7.28. The summed E-state index contributed by atoms with van der Waals surface area (Å²) >= 11 is 0. The van der Waals surface area contributed by atoms with Gasteiger partial charge in [-0.3, -0.25) is 0 Å². The standard InChI is InChI=1S/C13H20N4O2/c1-8-4-5-11(12(14)16-18)13(15-8)17-6-10(3)19-7-9(17)2/h4-5,9-10,18H,6-7H2,1-3H3,(H2,14,16). The first-order valence-electron chi connectivity index (χ1n) is 6.36. The SMILES string of the molecule is Cc1ccc(C(N)=NO)c(N2CC(C)OCC2C)n1. The Morgan fingerprint density at radius 3 is 2.95 bits per heavy atom. The van der Waals surface area contributed by atoms with Gasteiger partial charge in [-0.25, -0.2) is 4.98 Å². The molecule has 2 unspecified atom stereocenters. The smallest absolute Gasteiger partial charge is 0.173 e.